The number of anilines is 1. The number of aromatic nitrogens is 2. The molecule has 7 nitrogen and oxygen atoms in total. The quantitative estimate of drug-likeness (QED) is 0.861. The van der Waals surface area contributed by atoms with E-state index < -0.39 is 0 Å². The highest BCUT2D eigenvalue weighted by Gasteiger charge is 2.35. The Morgan fingerprint density at radius 1 is 1.24 bits per heavy atom. The normalized spacial score (nSPS) is 18.9. The van der Waals surface area contributed by atoms with Crippen LogP contribution in [0.2, 0.25) is 0 Å². The van der Waals surface area contributed by atoms with E-state index in [1.807, 2.05) is 11.8 Å². The molecule has 0 unspecified atom stereocenters. The van der Waals surface area contributed by atoms with Crippen LogP contribution in [-0.2, 0) is 11.3 Å². The second kappa shape index (κ2) is 5.38. The molecule has 21 heavy (non-hydrogen) atoms. The zero-order valence-corrected chi connectivity index (χ0v) is 12.3. The largest absolute Gasteiger partial charge is 0.396 e. The van der Waals surface area contributed by atoms with Gasteiger partial charge in [0, 0.05) is 38.6 Å². The van der Waals surface area contributed by atoms with Crippen molar-refractivity contribution >= 4 is 17.5 Å². The summed E-state index contributed by atoms with van der Waals surface area (Å²) in [7, 11) is 0. The summed E-state index contributed by atoms with van der Waals surface area (Å²) in [4.78, 5) is 28.2. The topological polar surface area (TPSA) is 84.5 Å². The molecular weight excluding hydrogens is 270 g/mol. The lowest BCUT2D eigenvalue weighted by molar-refractivity contribution is -0.134. The second-order valence-electron chi connectivity index (χ2n) is 5.66. The van der Waals surface area contributed by atoms with Gasteiger partial charge in [-0.25, -0.2) is 0 Å². The third kappa shape index (κ3) is 2.59. The molecule has 2 heterocycles. The highest BCUT2D eigenvalue weighted by atomic mass is 16.2. The van der Waals surface area contributed by atoms with Crippen molar-refractivity contribution in [3.63, 3.8) is 0 Å². The van der Waals surface area contributed by atoms with E-state index in [-0.39, 0.29) is 17.7 Å². The molecule has 114 valence electrons. The summed E-state index contributed by atoms with van der Waals surface area (Å²) in [6.07, 6.45) is 3.55. The van der Waals surface area contributed by atoms with Gasteiger partial charge in [-0.15, -0.1) is 0 Å². The number of nitrogen functional groups attached to an aromatic ring is 1. The SMILES string of the molecule is CCn1ncc(N)c1C(=O)N1CCN(C(=O)C2CC2)CC1. The Morgan fingerprint density at radius 3 is 2.43 bits per heavy atom. The third-order valence-electron chi connectivity index (χ3n) is 4.18. The zero-order chi connectivity index (χ0) is 15.0. The predicted octanol–water partition coefficient (Wildman–Crippen LogP) is 0.180. The fourth-order valence-electron chi connectivity index (χ4n) is 2.74. The molecular formula is C14H21N5O2. The van der Waals surface area contributed by atoms with E-state index in [4.69, 9.17) is 5.73 Å². The Kier molecular flexibility index (Phi) is 3.57. The summed E-state index contributed by atoms with van der Waals surface area (Å²) in [5.41, 5.74) is 6.73. The summed E-state index contributed by atoms with van der Waals surface area (Å²) >= 11 is 0. The van der Waals surface area contributed by atoms with E-state index in [0.29, 0.717) is 44.1 Å². The predicted molar refractivity (Wildman–Crippen MR) is 77.5 cm³/mol. The minimum atomic E-state index is -0.0922. The number of hydrogen-bond donors (Lipinski definition) is 1. The van der Waals surface area contributed by atoms with Gasteiger partial charge in [0.2, 0.25) is 5.91 Å². The summed E-state index contributed by atoms with van der Waals surface area (Å²) < 4.78 is 1.62. The van der Waals surface area contributed by atoms with Crippen LogP contribution in [-0.4, -0.2) is 57.6 Å². The van der Waals surface area contributed by atoms with Gasteiger partial charge in [0.25, 0.3) is 5.91 Å². The molecule has 0 atom stereocenters. The lowest BCUT2D eigenvalue weighted by atomic mass is 10.2. The molecule has 1 aliphatic heterocycles. The molecule has 1 aromatic heterocycles. The van der Waals surface area contributed by atoms with Crippen molar-refractivity contribution in [1.29, 1.82) is 0 Å². The Hall–Kier alpha value is -2.05. The van der Waals surface area contributed by atoms with Crippen molar-refractivity contribution in [2.45, 2.75) is 26.3 Å². The molecule has 0 spiro atoms. The molecule has 7 heteroatoms. The van der Waals surface area contributed by atoms with Crippen molar-refractivity contribution in [1.82, 2.24) is 19.6 Å². The molecule has 0 bridgehead atoms. The summed E-state index contributed by atoms with van der Waals surface area (Å²) in [6.45, 7) is 4.88. The van der Waals surface area contributed by atoms with Crippen molar-refractivity contribution in [2.75, 3.05) is 31.9 Å². The fourth-order valence-corrected chi connectivity index (χ4v) is 2.74. The van der Waals surface area contributed by atoms with E-state index in [2.05, 4.69) is 5.10 Å². The number of carbonyl (C=O) groups is 2. The van der Waals surface area contributed by atoms with Gasteiger partial charge in [-0.05, 0) is 19.8 Å². The number of aryl methyl sites for hydroxylation is 1. The highest BCUT2D eigenvalue weighted by Crippen LogP contribution is 2.31. The number of rotatable bonds is 3. The molecule has 1 saturated carbocycles. The Labute approximate surface area is 123 Å². The smallest absolute Gasteiger partial charge is 0.274 e. The lowest BCUT2D eigenvalue weighted by Crippen LogP contribution is -2.51. The van der Waals surface area contributed by atoms with Crippen LogP contribution in [0.15, 0.2) is 6.20 Å². The van der Waals surface area contributed by atoms with Gasteiger partial charge >= 0.3 is 0 Å². The van der Waals surface area contributed by atoms with Crippen LogP contribution in [0.3, 0.4) is 0 Å². The Morgan fingerprint density at radius 2 is 1.86 bits per heavy atom. The van der Waals surface area contributed by atoms with Crippen LogP contribution in [0, 0.1) is 5.92 Å². The first kappa shape index (κ1) is 13.9. The molecule has 3 rings (SSSR count). The highest BCUT2D eigenvalue weighted by molar-refractivity contribution is 5.97. The van der Waals surface area contributed by atoms with Crippen molar-refractivity contribution in [2.24, 2.45) is 5.92 Å². The third-order valence-corrected chi connectivity index (χ3v) is 4.18. The van der Waals surface area contributed by atoms with E-state index >= 15 is 0 Å². The number of nitrogens with zero attached hydrogens (tertiary/aromatic N) is 4. The van der Waals surface area contributed by atoms with Crippen LogP contribution in [0.1, 0.15) is 30.3 Å². The van der Waals surface area contributed by atoms with Gasteiger partial charge in [0.05, 0.1) is 11.9 Å². The van der Waals surface area contributed by atoms with Gasteiger partial charge < -0.3 is 15.5 Å². The first-order chi connectivity index (χ1) is 10.1. The van der Waals surface area contributed by atoms with Gasteiger partial charge in [0.15, 0.2) is 0 Å². The number of carbonyl (C=O) groups excluding carboxylic acids is 2. The molecule has 2 aliphatic rings. The van der Waals surface area contributed by atoms with Crippen LogP contribution in [0.5, 0.6) is 0 Å². The average Bonchev–Trinajstić information content (AvgIpc) is 3.29. The van der Waals surface area contributed by atoms with E-state index in [1.54, 1.807) is 9.58 Å². The van der Waals surface area contributed by atoms with Crippen molar-refractivity contribution in [3.05, 3.63) is 11.9 Å². The van der Waals surface area contributed by atoms with E-state index in [9.17, 15) is 9.59 Å². The molecule has 1 aliphatic carbocycles. The van der Waals surface area contributed by atoms with Gasteiger partial charge in [-0.3, -0.25) is 14.3 Å². The summed E-state index contributed by atoms with van der Waals surface area (Å²) in [5, 5.41) is 4.10. The van der Waals surface area contributed by atoms with Gasteiger partial charge in [-0.1, -0.05) is 0 Å². The zero-order valence-electron chi connectivity index (χ0n) is 12.3. The maximum atomic E-state index is 12.6. The molecule has 2 fully saturated rings. The van der Waals surface area contributed by atoms with Crippen LogP contribution in [0.25, 0.3) is 0 Å². The van der Waals surface area contributed by atoms with Crippen molar-refractivity contribution < 1.29 is 9.59 Å². The number of hydrogen-bond acceptors (Lipinski definition) is 4. The Bertz CT molecular complexity index is 556. The minimum absolute atomic E-state index is 0.0922. The molecule has 0 radical (unpaired) electrons. The molecule has 2 amide bonds. The molecule has 1 aromatic rings. The van der Waals surface area contributed by atoms with Crippen LogP contribution < -0.4 is 5.73 Å². The number of nitrogens with two attached hydrogens (primary N) is 1. The van der Waals surface area contributed by atoms with E-state index in [0.717, 1.165) is 12.8 Å². The number of piperazine rings is 1. The summed E-state index contributed by atoms with van der Waals surface area (Å²) in [5.74, 6) is 0.398. The fraction of sp³-hybridized carbons (Fsp3) is 0.643. The lowest BCUT2D eigenvalue weighted by Gasteiger charge is -2.35. The first-order valence-corrected chi connectivity index (χ1v) is 7.51. The minimum Gasteiger partial charge on any atom is -0.396 e. The molecule has 1 saturated heterocycles. The van der Waals surface area contributed by atoms with Crippen LogP contribution >= 0.6 is 0 Å². The number of amides is 2. The average molecular weight is 291 g/mol. The molecule has 0 aromatic carbocycles. The van der Waals surface area contributed by atoms with E-state index in [1.165, 1.54) is 6.20 Å². The maximum absolute atomic E-state index is 12.6. The summed E-state index contributed by atoms with van der Waals surface area (Å²) in [6, 6.07) is 0. The second-order valence-corrected chi connectivity index (χ2v) is 5.66. The maximum Gasteiger partial charge on any atom is 0.274 e. The van der Waals surface area contributed by atoms with Crippen molar-refractivity contribution in [3.8, 4) is 0 Å². The van der Waals surface area contributed by atoms with Gasteiger partial charge in [-0.2, -0.15) is 5.10 Å². The first-order valence-electron chi connectivity index (χ1n) is 7.51. The Balaban J connectivity index is 1.64. The molecule has 2 N–H and O–H groups in total. The van der Waals surface area contributed by atoms with Gasteiger partial charge in [0.1, 0.15) is 5.69 Å². The standard InChI is InChI=1S/C14H21N5O2/c1-2-19-12(11(15)9-16-19)14(21)18-7-5-17(6-8-18)13(20)10-3-4-10/h9-10H,2-8,15H2,1H3. The monoisotopic (exact) mass is 291 g/mol. The van der Waals surface area contributed by atoms with Crippen LogP contribution in [0.4, 0.5) is 5.69 Å².